The van der Waals surface area contributed by atoms with E-state index < -0.39 is 15.6 Å². The van der Waals surface area contributed by atoms with E-state index in [0.717, 1.165) is 23.6 Å². The molecule has 30 heavy (non-hydrogen) atoms. The molecule has 2 N–H and O–H groups in total. The maximum atomic E-state index is 12.8. The van der Waals surface area contributed by atoms with Crippen LogP contribution in [-0.4, -0.2) is 68.2 Å². The van der Waals surface area contributed by atoms with E-state index in [0.29, 0.717) is 18.5 Å². The monoisotopic (exact) mass is 433 g/mol. The largest absolute Gasteiger partial charge is 0.376 e. The van der Waals surface area contributed by atoms with Gasteiger partial charge in [-0.05, 0) is 31.0 Å². The average Bonchev–Trinajstić information content (AvgIpc) is 2.77. The second kappa shape index (κ2) is 9.02. The van der Waals surface area contributed by atoms with Crippen molar-refractivity contribution >= 4 is 27.5 Å². The Labute approximate surface area is 177 Å². The summed E-state index contributed by atoms with van der Waals surface area (Å²) >= 11 is 0. The van der Waals surface area contributed by atoms with Crippen LogP contribution in [0.1, 0.15) is 32.1 Å². The number of sulfonamides is 1. The van der Waals surface area contributed by atoms with Gasteiger partial charge < -0.3 is 15.5 Å². The molecule has 1 aliphatic carbocycles. The van der Waals surface area contributed by atoms with Crippen LogP contribution >= 0.6 is 0 Å². The van der Waals surface area contributed by atoms with Crippen molar-refractivity contribution in [3.05, 3.63) is 24.3 Å². The second-order valence-electron chi connectivity index (χ2n) is 7.73. The standard InChI is InChI=1S/C20H27N5O4S/c1-24(20(15-21)8-3-2-4-9-20)19(27)13-23-16-6-5-7-17(12-16)30(28,29)25-11-10-22-18(26)14-25/h5-7,12,23H,2-4,8-11,13-14H2,1H3,(H,22,26). The molecule has 162 valence electrons. The predicted octanol–water partition coefficient (Wildman–Crippen LogP) is 0.904. The fourth-order valence-electron chi connectivity index (χ4n) is 3.93. The molecule has 1 saturated heterocycles. The number of carbonyl (C=O) groups is 2. The third-order valence-corrected chi connectivity index (χ3v) is 7.67. The van der Waals surface area contributed by atoms with Crippen molar-refractivity contribution in [2.75, 3.05) is 38.5 Å². The molecule has 9 nitrogen and oxygen atoms in total. The van der Waals surface area contributed by atoms with Crippen molar-refractivity contribution < 1.29 is 18.0 Å². The Morgan fingerprint density at radius 2 is 2.07 bits per heavy atom. The SMILES string of the molecule is CN(C(=O)CNc1cccc(S(=O)(=O)N2CCNC(=O)C2)c1)C1(C#N)CCCCC1. The van der Waals surface area contributed by atoms with Crippen LogP contribution < -0.4 is 10.6 Å². The maximum Gasteiger partial charge on any atom is 0.243 e. The number of nitriles is 1. The Morgan fingerprint density at radius 1 is 1.33 bits per heavy atom. The zero-order chi connectivity index (χ0) is 21.8. The highest BCUT2D eigenvalue weighted by Gasteiger charge is 2.38. The van der Waals surface area contributed by atoms with Crippen molar-refractivity contribution in [2.24, 2.45) is 0 Å². The lowest BCUT2D eigenvalue weighted by Crippen LogP contribution is -2.51. The first-order valence-electron chi connectivity index (χ1n) is 10.1. The van der Waals surface area contributed by atoms with Gasteiger partial charge in [0.2, 0.25) is 21.8 Å². The van der Waals surface area contributed by atoms with E-state index in [1.165, 1.54) is 17.0 Å². The van der Waals surface area contributed by atoms with E-state index in [4.69, 9.17) is 0 Å². The summed E-state index contributed by atoms with van der Waals surface area (Å²) in [6, 6.07) is 8.51. The third-order valence-electron chi connectivity index (χ3n) is 5.82. The van der Waals surface area contributed by atoms with Crippen LogP contribution in [0.15, 0.2) is 29.2 Å². The van der Waals surface area contributed by atoms with Gasteiger partial charge in [0, 0.05) is 25.8 Å². The third kappa shape index (κ3) is 4.57. The minimum Gasteiger partial charge on any atom is -0.376 e. The summed E-state index contributed by atoms with van der Waals surface area (Å²) in [5.74, 6) is -0.554. The number of hydrogen-bond acceptors (Lipinski definition) is 6. The molecule has 0 bridgehead atoms. The minimum absolute atomic E-state index is 0.0461. The predicted molar refractivity (Wildman–Crippen MR) is 111 cm³/mol. The van der Waals surface area contributed by atoms with Crippen LogP contribution in [-0.2, 0) is 19.6 Å². The smallest absolute Gasteiger partial charge is 0.243 e. The molecule has 0 radical (unpaired) electrons. The van der Waals surface area contributed by atoms with Gasteiger partial charge in [0.1, 0.15) is 5.54 Å². The van der Waals surface area contributed by atoms with Gasteiger partial charge in [-0.3, -0.25) is 9.59 Å². The van der Waals surface area contributed by atoms with Crippen molar-refractivity contribution in [1.29, 1.82) is 5.26 Å². The first kappa shape index (κ1) is 22.1. The van der Waals surface area contributed by atoms with Crippen molar-refractivity contribution in [3.8, 4) is 6.07 Å². The molecule has 0 unspecified atom stereocenters. The number of rotatable bonds is 6. The molecule has 1 saturated carbocycles. The van der Waals surface area contributed by atoms with Crippen molar-refractivity contribution in [1.82, 2.24) is 14.5 Å². The average molecular weight is 434 g/mol. The van der Waals surface area contributed by atoms with Gasteiger partial charge >= 0.3 is 0 Å². The molecule has 3 rings (SSSR count). The zero-order valence-electron chi connectivity index (χ0n) is 17.1. The molecule has 1 aromatic carbocycles. The number of benzene rings is 1. The Morgan fingerprint density at radius 3 is 2.73 bits per heavy atom. The summed E-state index contributed by atoms with van der Waals surface area (Å²) in [5, 5.41) is 15.2. The normalized spacial score (nSPS) is 19.4. The molecular formula is C20H27N5O4S. The Hall–Kier alpha value is -2.64. The fourth-order valence-corrected chi connectivity index (χ4v) is 5.37. The Bertz CT molecular complexity index is 950. The quantitative estimate of drug-likeness (QED) is 0.687. The first-order chi connectivity index (χ1) is 14.3. The van der Waals surface area contributed by atoms with E-state index in [-0.39, 0.29) is 42.9 Å². The highest BCUT2D eigenvalue weighted by molar-refractivity contribution is 7.89. The number of anilines is 1. The Balaban J connectivity index is 1.67. The van der Waals surface area contributed by atoms with Gasteiger partial charge in [-0.25, -0.2) is 8.42 Å². The number of hydrogen-bond donors (Lipinski definition) is 2. The van der Waals surface area contributed by atoms with Gasteiger partial charge in [0.15, 0.2) is 0 Å². The van der Waals surface area contributed by atoms with E-state index in [2.05, 4.69) is 16.7 Å². The van der Waals surface area contributed by atoms with E-state index >= 15 is 0 Å². The van der Waals surface area contributed by atoms with E-state index in [1.54, 1.807) is 19.2 Å². The molecule has 0 spiro atoms. The molecule has 2 aliphatic rings. The van der Waals surface area contributed by atoms with Crippen LogP contribution in [0.3, 0.4) is 0 Å². The summed E-state index contributed by atoms with van der Waals surface area (Å²) in [5.41, 5.74) is -0.286. The minimum atomic E-state index is -3.81. The van der Waals surface area contributed by atoms with Crippen molar-refractivity contribution in [3.63, 3.8) is 0 Å². The lowest BCUT2D eigenvalue weighted by atomic mass is 9.81. The molecule has 10 heteroatoms. The zero-order valence-corrected chi connectivity index (χ0v) is 17.9. The van der Waals surface area contributed by atoms with Gasteiger partial charge in [-0.2, -0.15) is 9.57 Å². The summed E-state index contributed by atoms with van der Waals surface area (Å²) < 4.78 is 26.8. The molecule has 0 aromatic heterocycles. The van der Waals surface area contributed by atoms with E-state index in [9.17, 15) is 23.3 Å². The molecule has 1 heterocycles. The highest BCUT2D eigenvalue weighted by atomic mass is 32.2. The van der Waals surface area contributed by atoms with Crippen LogP contribution in [0.4, 0.5) is 5.69 Å². The van der Waals surface area contributed by atoms with E-state index in [1.807, 2.05) is 0 Å². The number of nitrogens with one attached hydrogen (secondary N) is 2. The number of likely N-dealkylation sites (N-methyl/N-ethyl adjacent to an activating group) is 1. The summed E-state index contributed by atoms with van der Waals surface area (Å²) in [7, 11) is -2.16. The van der Waals surface area contributed by atoms with Gasteiger partial charge in [0.05, 0.1) is 24.1 Å². The molecule has 1 aliphatic heterocycles. The lowest BCUT2D eigenvalue weighted by Gasteiger charge is -2.39. The fraction of sp³-hybridized carbons (Fsp3) is 0.550. The molecule has 2 amide bonds. The van der Waals surface area contributed by atoms with Gasteiger partial charge in [-0.15, -0.1) is 0 Å². The first-order valence-corrected chi connectivity index (χ1v) is 11.5. The molecule has 1 aromatic rings. The van der Waals surface area contributed by atoms with Gasteiger partial charge in [0.25, 0.3) is 0 Å². The van der Waals surface area contributed by atoms with Crippen LogP contribution in [0, 0.1) is 11.3 Å². The highest BCUT2D eigenvalue weighted by Crippen LogP contribution is 2.32. The Kier molecular flexibility index (Phi) is 6.63. The van der Waals surface area contributed by atoms with Crippen LogP contribution in [0.25, 0.3) is 0 Å². The molecule has 2 fully saturated rings. The number of carbonyl (C=O) groups excluding carboxylic acids is 2. The molecule has 0 atom stereocenters. The van der Waals surface area contributed by atoms with Crippen molar-refractivity contribution in [2.45, 2.75) is 42.5 Å². The number of nitrogens with zero attached hydrogens (tertiary/aromatic N) is 3. The second-order valence-corrected chi connectivity index (χ2v) is 9.66. The summed E-state index contributed by atoms with van der Waals surface area (Å²) in [6.45, 7) is 0.234. The van der Waals surface area contributed by atoms with Crippen LogP contribution in [0.2, 0.25) is 0 Å². The lowest BCUT2D eigenvalue weighted by molar-refractivity contribution is -0.132. The summed E-state index contributed by atoms with van der Waals surface area (Å²) in [4.78, 5) is 25.8. The number of piperazine rings is 1. The topological polar surface area (TPSA) is 123 Å². The summed E-state index contributed by atoms with van der Waals surface area (Å²) in [6.07, 6.45) is 4.26. The number of amides is 2. The maximum absolute atomic E-state index is 12.8. The molecular weight excluding hydrogens is 406 g/mol. The van der Waals surface area contributed by atoms with Gasteiger partial charge in [-0.1, -0.05) is 25.3 Å². The van der Waals surface area contributed by atoms with Crippen LogP contribution in [0.5, 0.6) is 0 Å².